The zero-order valence-electron chi connectivity index (χ0n) is 14.0. The third-order valence-electron chi connectivity index (χ3n) is 3.99. The molecule has 0 unspecified atom stereocenters. The lowest BCUT2D eigenvalue weighted by atomic mass is 10.2. The largest absolute Gasteiger partial charge is 0.339 e. The van der Waals surface area contributed by atoms with Crippen LogP contribution >= 0.6 is 0 Å². The second-order valence-corrected chi connectivity index (χ2v) is 5.61. The summed E-state index contributed by atoms with van der Waals surface area (Å²) in [7, 11) is 3.62. The Labute approximate surface area is 140 Å². The maximum atomic E-state index is 12.5. The van der Waals surface area contributed by atoms with Gasteiger partial charge in [0.15, 0.2) is 5.69 Å². The fourth-order valence-corrected chi connectivity index (χ4v) is 2.59. The van der Waals surface area contributed by atoms with E-state index in [1.165, 1.54) is 0 Å². The monoisotopic (exact) mass is 324 g/mol. The number of benzene rings is 1. The van der Waals surface area contributed by atoms with E-state index in [-0.39, 0.29) is 5.91 Å². The van der Waals surface area contributed by atoms with E-state index in [2.05, 4.69) is 20.6 Å². The van der Waals surface area contributed by atoms with Crippen LogP contribution in [0, 0.1) is 6.92 Å². The predicted octanol–water partition coefficient (Wildman–Crippen LogP) is 1.42. The lowest BCUT2D eigenvalue weighted by Crippen LogP contribution is -2.33. The van der Waals surface area contributed by atoms with Gasteiger partial charge < -0.3 is 10.2 Å². The Balaban J connectivity index is 1.99. The molecule has 0 fully saturated rings. The van der Waals surface area contributed by atoms with Crippen LogP contribution in [0.5, 0.6) is 0 Å². The highest BCUT2D eigenvalue weighted by atomic mass is 16.2. The molecule has 0 aliphatic heterocycles. The second kappa shape index (κ2) is 6.76. The van der Waals surface area contributed by atoms with Crippen molar-refractivity contribution >= 4 is 16.8 Å². The Morgan fingerprint density at radius 3 is 2.92 bits per heavy atom. The molecule has 2 heterocycles. The van der Waals surface area contributed by atoms with Gasteiger partial charge in [0, 0.05) is 31.7 Å². The van der Waals surface area contributed by atoms with E-state index in [1.807, 2.05) is 44.3 Å². The third-order valence-corrected chi connectivity index (χ3v) is 3.99. The van der Waals surface area contributed by atoms with Crippen molar-refractivity contribution < 1.29 is 4.79 Å². The molecule has 3 aromatic rings. The molecule has 1 aromatic carbocycles. The van der Waals surface area contributed by atoms with Gasteiger partial charge in [-0.2, -0.15) is 0 Å². The van der Waals surface area contributed by atoms with Crippen molar-refractivity contribution in [1.29, 1.82) is 0 Å². The first-order valence-corrected chi connectivity index (χ1v) is 7.80. The van der Waals surface area contributed by atoms with Gasteiger partial charge >= 0.3 is 0 Å². The highest BCUT2D eigenvalue weighted by molar-refractivity contribution is 5.93. The SMILES string of the molecule is CNCCN(C)C(=O)c1nnn(-c2cccc3ncccc23)c1C. The zero-order valence-corrected chi connectivity index (χ0v) is 14.0. The van der Waals surface area contributed by atoms with Crippen molar-refractivity contribution in [3.8, 4) is 5.69 Å². The molecule has 0 aliphatic carbocycles. The molecule has 124 valence electrons. The number of likely N-dealkylation sites (N-methyl/N-ethyl adjacent to an activating group) is 2. The number of hydrogen-bond donors (Lipinski definition) is 1. The van der Waals surface area contributed by atoms with Gasteiger partial charge in [-0.3, -0.25) is 9.78 Å². The zero-order chi connectivity index (χ0) is 17.1. The number of carbonyl (C=O) groups excluding carboxylic acids is 1. The molecule has 0 bridgehead atoms. The van der Waals surface area contributed by atoms with E-state index >= 15 is 0 Å². The van der Waals surface area contributed by atoms with Crippen LogP contribution in [-0.2, 0) is 0 Å². The van der Waals surface area contributed by atoms with Gasteiger partial charge in [0.25, 0.3) is 5.91 Å². The van der Waals surface area contributed by atoms with E-state index in [0.29, 0.717) is 17.9 Å². The number of aromatic nitrogens is 4. The van der Waals surface area contributed by atoms with Gasteiger partial charge in [-0.15, -0.1) is 5.10 Å². The summed E-state index contributed by atoms with van der Waals surface area (Å²) < 4.78 is 1.70. The predicted molar refractivity (Wildman–Crippen MR) is 92.3 cm³/mol. The highest BCUT2D eigenvalue weighted by Gasteiger charge is 2.21. The number of amides is 1. The van der Waals surface area contributed by atoms with E-state index in [9.17, 15) is 4.79 Å². The summed E-state index contributed by atoms with van der Waals surface area (Å²) in [5, 5.41) is 12.3. The summed E-state index contributed by atoms with van der Waals surface area (Å²) in [6, 6.07) is 9.69. The molecule has 0 atom stereocenters. The third kappa shape index (κ3) is 2.85. The van der Waals surface area contributed by atoms with Gasteiger partial charge in [-0.25, -0.2) is 4.68 Å². The minimum absolute atomic E-state index is 0.132. The van der Waals surface area contributed by atoms with Crippen molar-refractivity contribution in [1.82, 2.24) is 30.2 Å². The van der Waals surface area contributed by atoms with Crippen molar-refractivity contribution in [2.24, 2.45) is 0 Å². The van der Waals surface area contributed by atoms with Crippen LogP contribution in [0.15, 0.2) is 36.5 Å². The summed E-state index contributed by atoms with van der Waals surface area (Å²) in [5.41, 5.74) is 2.83. The first-order valence-electron chi connectivity index (χ1n) is 7.80. The first kappa shape index (κ1) is 16.1. The number of nitrogens with zero attached hydrogens (tertiary/aromatic N) is 5. The van der Waals surface area contributed by atoms with Gasteiger partial charge in [-0.05, 0) is 38.2 Å². The average molecular weight is 324 g/mol. The molecule has 1 N–H and O–H groups in total. The molecule has 7 heteroatoms. The van der Waals surface area contributed by atoms with Crippen LogP contribution in [0.1, 0.15) is 16.2 Å². The molecule has 2 aromatic heterocycles. The van der Waals surface area contributed by atoms with Gasteiger partial charge in [-0.1, -0.05) is 11.3 Å². The molecule has 0 radical (unpaired) electrons. The number of hydrogen-bond acceptors (Lipinski definition) is 5. The molecule has 0 saturated heterocycles. The summed E-state index contributed by atoms with van der Waals surface area (Å²) in [4.78, 5) is 18.5. The molecule has 1 amide bonds. The van der Waals surface area contributed by atoms with E-state index in [4.69, 9.17) is 0 Å². The minimum Gasteiger partial charge on any atom is -0.339 e. The van der Waals surface area contributed by atoms with Crippen LogP contribution in [0.4, 0.5) is 0 Å². The van der Waals surface area contributed by atoms with Gasteiger partial charge in [0.1, 0.15) is 0 Å². The second-order valence-electron chi connectivity index (χ2n) is 5.61. The van der Waals surface area contributed by atoms with Crippen molar-refractivity contribution in [3.05, 3.63) is 47.9 Å². The van der Waals surface area contributed by atoms with Crippen LogP contribution in [0.25, 0.3) is 16.6 Å². The normalized spacial score (nSPS) is 11.0. The van der Waals surface area contributed by atoms with Crippen molar-refractivity contribution in [3.63, 3.8) is 0 Å². The summed E-state index contributed by atoms with van der Waals surface area (Å²) in [6.45, 7) is 3.19. The van der Waals surface area contributed by atoms with Crippen molar-refractivity contribution in [2.75, 3.05) is 27.2 Å². The Bertz CT molecular complexity index is 867. The summed E-state index contributed by atoms with van der Waals surface area (Å²) in [5.74, 6) is -0.132. The fourth-order valence-electron chi connectivity index (χ4n) is 2.59. The van der Waals surface area contributed by atoms with Crippen LogP contribution < -0.4 is 5.32 Å². The fraction of sp³-hybridized carbons (Fsp3) is 0.294. The van der Waals surface area contributed by atoms with Crippen LogP contribution in [0.3, 0.4) is 0 Å². The maximum Gasteiger partial charge on any atom is 0.276 e. The lowest BCUT2D eigenvalue weighted by Gasteiger charge is -2.15. The molecule has 7 nitrogen and oxygen atoms in total. The number of nitrogens with one attached hydrogen (secondary N) is 1. The quantitative estimate of drug-likeness (QED) is 0.768. The van der Waals surface area contributed by atoms with Gasteiger partial charge in [0.2, 0.25) is 0 Å². The smallest absolute Gasteiger partial charge is 0.276 e. The number of pyridine rings is 1. The average Bonchev–Trinajstić information content (AvgIpc) is 2.99. The Morgan fingerprint density at radius 1 is 1.29 bits per heavy atom. The topological polar surface area (TPSA) is 75.9 Å². The lowest BCUT2D eigenvalue weighted by molar-refractivity contribution is 0.0790. The summed E-state index contributed by atoms with van der Waals surface area (Å²) in [6.07, 6.45) is 1.76. The van der Waals surface area contributed by atoms with E-state index < -0.39 is 0 Å². The number of carbonyl (C=O) groups is 1. The Kier molecular flexibility index (Phi) is 4.52. The minimum atomic E-state index is -0.132. The molecular formula is C17H20N6O. The highest BCUT2D eigenvalue weighted by Crippen LogP contribution is 2.22. The molecule has 0 spiro atoms. The Morgan fingerprint density at radius 2 is 2.12 bits per heavy atom. The molecule has 0 aliphatic rings. The molecular weight excluding hydrogens is 304 g/mol. The standard InChI is InChI=1S/C17H20N6O/c1-12-16(17(24)22(3)11-10-18-2)20-21-23(12)15-8-4-7-14-13(15)6-5-9-19-14/h4-9,18H,10-11H2,1-3H3. The molecule has 0 saturated carbocycles. The van der Waals surface area contributed by atoms with Crippen LogP contribution in [-0.4, -0.2) is 58.0 Å². The van der Waals surface area contributed by atoms with E-state index in [1.54, 1.807) is 22.8 Å². The molecule has 3 rings (SSSR count). The summed E-state index contributed by atoms with van der Waals surface area (Å²) >= 11 is 0. The van der Waals surface area contributed by atoms with Gasteiger partial charge in [0.05, 0.1) is 16.9 Å². The van der Waals surface area contributed by atoms with E-state index in [0.717, 1.165) is 23.1 Å². The van der Waals surface area contributed by atoms with Crippen molar-refractivity contribution in [2.45, 2.75) is 6.92 Å². The number of fused-ring (bicyclic) bond motifs is 1. The Hall–Kier alpha value is -2.80. The number of rotatable bonds is 5. The van der Waals surface area contributed by atoms with Crippen LogP contribution in [0.2, 0.25) is 0 Å². The molecule has 24 heavy (non-hydrogen) atoms. The first-order chi connectivity index (χ1) is 11.6. The maximum absolute atomic E-state index is 12.5.